The summed E-state index contributed by atoms with van der Waals surface area (Å²) in [6.07, 6.45) is 0.604. The maximum Gasteiger partial charge on any atom is 0.295 e. The van der Waals surface area contributed by atoms with Crippen LogP contribution < -0.4 is 15.8 Å². The topological polar surface area (TPSA) is 106 Å². The van der Waals surface area contributed by atoms with Crippen molar-refractivity contribution < 1.29 is 19.1 Å². The average Bonchev–Trinajstić information content (AvgIpc) is 3.46. The number of hydrogen-bond acceptors (Lipinski definition) is 7. The highest BCUT2D eigenvalue weighted by Gasteiger charge is 2.42. The van der Waals surface area contributed by atoms with Gasteiger partial charge < -0.3 is 10.1 Å². The van der Waals surface area contributed by atoms with Gasteiger partial charge in [0.2, 0.25) is 5.91 Å². The van der Waals surface area contributed by atoms with Crippen LogP contribution in [0.2, 0.25) is 0 Å². The fourth-order valence-corrected chi connectivity index (χ4v) is 6.18. The second-order valence-electron chi connectivity index (χ2n) is 9.27. The Hall–Kier alpha value is -4.00. The van der Waals surface area contributed by atoms with Crippen molar-refractivity contribution in [3.05, 3.63) is 81.1 Å². The Morgan fingerprint density at radius 3 is 2.42 bits per heavy atom. The molecule has 3 amide bonds. The lowest BCUT2D eigenvalue weighted by molar-refractivity contribution is -0.122. The first kappa shape index (κ1) is 27.6. The molecule has 2 aliphatic rings. The third-order valence-corrected chi connectivity index (χ3v) is 8.30. The molecule has 0 unspecified atom stereocenters. The van der Waals surface area contributed by atoms with Crippen LogP contribution in [0.25, 0.3) is 11.3 Å². The standard InChI is InChI=1S/C28H27N5O5S2/c1-17-23(26(36)33(30(17)2)18-10-5-4-6-11-18)29-21(34)16-32-20-13-8-7-12-19(20)22(25(32)35)24-27(37)31(28(39)40-24)14-9-15-38-3/h4-8,10-13H,9,14-16H2,1-3H3,(H,29,34)/b24-22-. The van der Waals surface area contributed by atoms with E-state index >= 15 is 0 Å². The van der Waals surface area contributed by atoms with Crippen LogP contribution in [0.1, 0.15) is 17.7 Å². The lowest BCUT2D eigenvalue weighted by Gasteiger charge is -2.16. The van der Waals surface area contributed by atoms with E-state index in [2.05, 4.69) is 5.32 Å². The molecule has 0 radical (unpaired) electrons. The number of carbonyl (C=O) groups excluding carboxylic acids is 3. The number of ether oxygens (including phenoxy) is 1. The van der Waals surface area contributed by atoms with Crippen molar-refractivity contribution in [3.63, 3.8) is 0 Å². The molecule has 0 atom stereocenters. The van der Waals surface area contributed by atoms with Gasteiger partial charge in [0, 0.05) is 32.9 Å². The number of thiocarbonyl (C=S) groups is 1. The summed E-state index contributed by atoms with van der Waals surface area (Å²) in [6.45, 7) is 2.26. The van der Waals surface area contributed by atoms with Gasteiger partial charge >= 0.3 is 0 Å². The first-order valence-electron chi connectivity index (χ1n) is 12.6. The van der Waals surface area contributed by atoms with Crippen LogP contribution in [0.4, 0.5) is 11.4 Å². The molecule has 0 bridgehead atoms. The van der Waals surface area contributed by atoms with Crippen molar-refractivity contribution >= 4 is 63.0 Å². The van der Waals surface area contributed by atoms with E-state index in [-0.39, 0.29) is 34.2 Å². The van der Waals surface area contributed by atoms with Gasteiger partial charge in [-0.05, 0) is 31.5 Å². The maximum absolute atomic E-state index is 13.7. The zero-order valence-electron chi connectivity index (χ0n) is 22.2. The van der Waals surface area contributed by atoms with E-state index in [0.29, 0.717) is 46.5 Å². The molecule has 1 N–H and O–H groups in total. The summed E-state index contributed by atoms with van der Waals surface area (Å²) in [6, 6.07) is 16.1. The molecule has 1 saturated heterocycles. The Morgan fingerprint density at radius 1 is 1.00 bits per heavy atom. The summed E-state index contributed by atoms with van der Waals surface area (Å²) in [5.74, 6) is -1.35. The van der Waals surface area contributed by atoms with E-state index in [9.17, 15) is 19.2 Å². The average molecular weight is 578 g/mol. The number of amides is 3. The molecule has 12 heteroatoms. The number of benzene rings is 2. The number of methoxy groups -OCH3 is 1. The highest BCUT2D eigenvalue weighted by Crippen LogP contribution is 2.44. The number of anilines is 2. The van der Waals surface area contributed by atoms with Gasteiger partial charge in [0.25, 0.3) is 17.4 Å². The number of para-hydroxylation sites is 2. The summed E-state index contributed by atoms with van der Waals surface area (Å²) in [5, 5.41) is 2.71. The Kier molecular flexibility index (Phi) is 7.74. The van der Waals surface area contributed by atoms with Gasteiger partial charge in [-0.1, -0.05) is 60.4 Å². The molecule has 10 nitrogen and oxygen atoms in total. The minimum absolute atomic E-state index is 0.133. The molecule has 0 aliphatic carbocycles. The van der Waals surface area contributed by atoms with E-state index in [1.54, 1.807) is 62.2 Å². The predicted molar refractivity (Wildman–Crippen MR) is 158 cm³/mol. The lowest BCUT2D eigenvalue weighted by atomic mass is 10.1. The molecule has 5 rings (SSSR count). The van der Waals surface area contributed by atoms with Crippen molar-refractivity contribution in [2.45, 2.75) is 13.3 Å². The summed E-state index contributed by atoms with van der Waals surface area (Å²) in [5.41, 5.74) is 2.25. The van der Waals surface area contributed by atoms with Crippen LogP contribution in [0.5, 0.6) is 0 Å². The number of nitrogens with one attached hydrogen (secondary N) is 1. The van der Waals surface area contributed by atoms with Crippen LogP contribution >= 0.6 is 24.0 Å². The number of rotatable bonds is 8. The molecule has 40 heavy (non-hydrogen) atoms. The molecular formula is C28H27N5O5S2. The van der Waals surface area contributed by atoms with E-state index in [4.69, 9.17) is 17.0 Å². The van der Waals surface area contributed by atoms with Crippen LogP contribution in [0.3, 0.4) is 0 Å². The van der Waals surface area contributed by atoms with Crippen molar-refractivity contribution in [2.75, 3.05) is 37.0 Å². The van der Waals surface area contributed by atoms with Gasteiger partial charge in [-0.15, -0.1) is 0 Å². The van der Waals surface area contributed by atoms with Gasteiger partial charge in [-0.25, -0.2) is 4.68 Å². The smallest absolute Gasteiger partial charge is 0.295 e. The molecule has 206 valence electrons. The van der Waals surface area contributed by atoms with Gasteiger partial charge in [-0.2, -0.15) is 0 Å². The number of nitrogens with zero attached hydrogens (tertiary/aromatic N) is 4. The van der Waals surface area contributed by atoms with Gasteiger partial charge in [0.1, 0.15) is 16.6 Å². The van der Waals surface area contributed by atoms with E-state index in [1.165, 1.54) is 14.5 Å². The molecule has 0 spiro atoms. The third-order valence-electron chi connectivity index (χ3n) is 6.85. The number of fused-ring (bicyclic) bond motifs is 1. The molecular weight excluding hydrogens is 550 g/mol. The summed E-state index contributed by atoms with van der Waals surface area (Å²) in [7, 11) is 3.32. The third kappa shape index (κ3) is 4.78. The Labute approximate surface area is 240 Å². The first-order chi connectivity index (χ1) is 19.2. The minimum atomic E-state index is -0.539. The molecule has 3 aromatic rings. The normalized spacial score (nSPS) is 16.7. The summed E-state index contributed by atoms with van der Waals surface area (Å²) < 4.78 is 8.58. The zero-order valence-corrected chi connectivity index (χ0v) is 23.8. The van der Waals surface area contributed by atoms with Gasteiger partial charge in [-0.3, -0.25) is 33.7 Å². The lowest BCUT2D eigenvalue weighted by Crippen LogP contribution is -2.36. The highest BCUT2D eigenvalue weighted by atomic mass is 32.2. The Bertz CT molecular complexity index is 1630. The summed E-state index contributed by atoms with van der Waals surface area (Å²) in [4.78, 5) is 56.5. The van der Waals surface area contributed by atoms with Crippen LogP contribution in [-0.2, 0) is 26.2 Å². The second kappa shape index (κ2) is 11.2. The predicted octanol–water partition coefficient (Wildman–Crippen LogP) is 3.08. The quantitative estimate of drug-likeness (QED) is 0.249. The largest absolute Gasteiger partial charge is 0.385 e. The van der Waals surface area contributed by atoms with Crippen molar-refractivity contribution in [3.8, 4) is 5.69 Å². The Balaban J connectivity index is 1.42. The molecule has 2 aromatic carbocycles. The molecule has 1 aromatic heterocycles. The number of aromatic nitrogens is 2. The van der Waals surface area contributed by atoms with Crippen molar-refractivity contribution in [1.29, 1.82) is 0 Å². The highest BCUT2D eigenvalue weighted by molar-refractivity contribution is 8.26. The minimum Gasteiger partial charge on any atom is -0.385 e. The second-order valence-corrected chi connectivity index (χ2v) is 10.9. The first-order valence-corrected chi connectivity index (χ1v) is 13.8. The number of carbonyl (C=O) groups is 3. The van der Waals surface area contributed by atoms with E-state index in [1.807, 2.05) is 18.2 Å². The van der Waals surface area contributed by atoms with Gasteiger partial charge in [0.15, 0.2) is 0 Å². The summed E-state index contributed by atoms with van der Waals surface area (Å²) >= 11 is 6.52. The number of thioether (sulfide) groups is 1. The maximum atomic E-state index is 13.7. The van der Waals surface area contributed by atoms with E-state index < -0.39 is 11.8 Å². The Morgan fingerprint density at radius 2 is 1.70 bits per heavy atom. The van der Waals surface area contributed by atoms with Crippen LogP contribution in [0.15, 0.2) is 64.3 Å². The van der Waals surface area contributed by atoms with Gasteiger partial charge in [0.05, 0.1) is 27.5 Å². The number of hydrogen-bond donors (Lipinski definition) is 1. The monoisotopic (exact) mass is 577 g/mol. The van der Waals surface area contributed by atoms with Crippen LogP contribution in [-0.4, -0.2) is 63.1 Å². The zero-order chi connectivity index (χ0) is 28.6. The molecule has 3 heterocycles. The SMILES string of the molecule is COCCCN1C(=O)/C(=C2/C(=O)N(CC(=O)Nc3c(C)n(C)n(-c4ccccc4)c3=O)c3ccccc32)SC1=S. The van der Waals surface area contributed by atoms with Crippen molar-refractivity contribution in [1.82, 2.24) is 14.3 Å². The fourth-order valence-electron chi connectivity index (χ4n) is 4.80. The van der Waals surface area contributed by atoms with Crippen molar-refractivity contribution in [2.24, 2.45) is 7.05 Å². The van der Waals surface area contributed by atoms with Crippen LogP contribution in [0, 0.1) is 6.92 Å². The van der Waals surface area contributed by atoms with E-state index in [0.717, 1.165) is 11.8 Å². The molecule has 2 aliphatic heterocycles. The fraction of sp³-hybridized carbons (Fsp3) is 0.250. The molecule has 1 fully saturated rings. The molecule has 0 saturated carbocycles.